The van der Waals surface area contributed by atoms with E-state index in [1.807, 2.05) is 19.9 Å². The van der Waals surface area contributed by atoms with Crippen LogP contribution in [0.1, 0.15) is 46.1 Å². The summed E-state index contributed by atoms with van der Waals surface area (Å²) in [6.45, 7) is 15.0. The summed E-state index contributed by atoms with van der Waals surface area (Å²) >= 11 is 5.98. The number of aryl methyl sites for hydroxylation is 1. The number of nitrogens with zero attached hydrogens (tertiary/aromatic N) is 2. The van der Waals surface area contributed by atoms with Crippen LogP contribution in [0.25, 0.3) is 10.9 Å². The highest BCUT2D eigenvalue weighted by Gasteiger charge is 2.10. The van der Waals surface area contributed by atoms with E-state index in [0.29, 0.717) is 10.5 Å². The highest BCUT2D eigenvalue weighted by molar-refractivity contribution is 6.35. The van der Waals surface area contributed by atoms with E-state index < -0.39 is 0 Å². The third-order valence-corrected chi connectivity index (χ3v) is 5.13. The Kier molecular flexibility index (Phi) is 14.4. The number of hydrogen-bond donors (Lipinski definition) is 1. The lowest BCUT2D eigenvalue weighted by Gasteiger charge is -2.26. The maximum Gasteiger partial charge on any atom is 0.144 e. The van der Waals surface area contributed by atoms with Gasteiger partial charge in [0, 0.05) is 31.2 Å². The number of pyridine rings is 1. The summed E-state index contributed by atoms with van der Waals surface area (Å²) in [4.78, 5) is 6.53. The van der Waals surface area contributed by atoms with Crippen molar-refractivity contribution in [3.8, 4) is 5.75 Å². The zero-order valence-corrected chi connectivity index (χ0v) is 21.0. The molecule has 1 aromatic carbocycles. The van der Waals surface area contributed by atoms with Gasteiger partial charge in [-0.2, -0.15) is 0 Å². The van der Waals surface area contributed by atoms with E-state index in [0.717, 1.165) is 56.6 Å². The Labute approximate surface area is 199 Å². The fourth-order valence-corrected chi connectivity index (χ4v) is 3.53. The van der Waals surface area contributed by atoms with Crippen molar-refractivity contribution in [1.82, 2.24) is 9.88 Å². The molecule has 1 N–H and O–H groups in total. The van der Waals surface area contributed by atoms with E-state index in [-0.39, 0.29) is 5.75 Å². The smallest absolute Gasteiger partial charge is 0.144 e. The molecule has 0 radical (unpaired) electrons. The highest BCUT2D eigenvalue weighted by atomic mass is 35.5. The van der Waals surface area contributed by atoms with Crippen LogP contribution in [0.2, 0.25) is 5.02 Å². The molecule has 5 heteroatoms. The summed E-state index contributed by atoms with van der Waals surface area (Å²) in [6.07, 6.45) is 14.9. The number of rotatable bonds is 6. The average Bonchev–Trinajstić information content (AvgIpc) is 2.83. The molecule has 32 heavy (non-hydrogen) atoms. The van der Waals surface area contributed by atoms with Gasteiger partial charge in [-0.1, -0.05) is 62.8 Å². The molecule has 4 nitrogen and oxygen atoms in total. The van der Waals surface area contributed by atoms with E-state index in [4.69, 9.17) is 16.3 Å². The Morgan fingerprint density at radius 1 is 1.25 bits per heavy atom. The fraction of sp³-hybridized carbons (Fsp3) is 0.444. The van der Waals surface area contributed by atoms with Crippen molar-refractivity contribution in [1.29, 1.82) is 0 Å². The number of phenolic OH excluding ortho intramolecular Hbond substituents is 1. The minimum absolute atomic E-state index is 0.208. The lowest BCUT2D eigenvalue weighted by Crippen LogP contribution is -2.37. The zero-order chi connectivity index (χ0) is 23.8. The average molecular weight is 459 g/mol. The normalized spacial score (nSPS) is 14.9. The molecule has 2 aromatic rings. The van der Waals surface area contributed by atoms with Gasteiger partial charge < -0.3 is 9.84 Å². The number of phenols is 1. The summed E-state index contributed by atoms with van der Waals surface area (Å²) in [5, 5.41) is 11.1. The van der Waals surface area contributed by atoms with Crippen LogP contribution < -0.4 is 0 Å². The molecule has 0 spiro atoms. The molecule has 0 amide bonds. The van der Waals surface area contributed by atoms with Gasteiger partial charge in [0.1, 0.15) is 11.3 Å². The first-order valence-electron chi connectivity index (χ1n) is 11.6. The molecule has 0 bridgehead atoms. The minimum atomic E-state index is 0.208. The van der Waals surface area contributed by atoms with Gasteiger partial charge in [-0.15, -0.1) is 0 Å². The van der Waals surface area contributed by atoms with Gasteiger partial charge in [0.05, 0.1) is 18.2 Å². The van der Waals surface area contributed by atoms with Crippen LogP contribution in [0.4, 0.5) is 0 Å². The predicted molar refractivity (Wildman–Crippen MR) is 139 cm³/mol. The molecule has 0 aliphatic carbocycles. The summed E-state index contributed by atoms with van der Waals surface area (Å²) in [5.41, 5.74) is 2.72. The molecule has 0 atom stereocenters. The minimum Gasteiger partial charge on any atom is -0.505 e. The predicted octanol–water partition coefficient (Wildman–Crippen LogP) is 7.11. The molecule has 1 aliphatic heterocycles. The number of morpholine rings is 1. The maximum absolute atomic E-state index is 9.66. The molecule has 2 heterocycles. The van der Waals surface area contributed by atoms with Crippen LogP contribution in [0.5, 0.6) is 5.75 Å². The summed E-state index contributed by atoms with van der Waals surface area (Å²) < 4.78 is 5.36. The van der Waals surface area contributed by atoms with Crippen molar-refractivity contribution in [2.24, 2.45) is 0 Å². The number of aromatic nitrogens is 1. The molecule has 0 saturated carbocycles. The molecule has 1 aliphatic rings. The van der Waals surface area contributed by atoms with Gasteiger partial charge in [0.2, 0.25) is 0 Å². The topological polar surface area (TPSA) is 45.6 Å². The van der Waals surface area contributed by atoms with Crippen LogP contribution in [0.15, 0.2) is 60.3 Å². The first-order chi connectivity index (χ1) is 15.6. The van der Waals surface area contributed by atoms with Crippen LogP contribution in [0.3, 0.4) is 0 Å². The second kappa shape index (κ2) is 16.5. The van der Waals surface area contributed by atoms with E-state index in [9.17, 15) is 5.11 Å². The van der Waals surface area contributed by atoms with Crippen LogP contribution in [-0.2, 0) is 4.74 Å². The second-order valence-electron chi connectivity index (χ2n) is 7.21. The molecular formula is C27H39ClN2O2. The molecule has 1 aromatic heterocycles. The highest BCUT2D eigenvalue weighted by Crippen LogP contribution is 2.31. The zero-order valence-electron chi connectivity index (χ0n) is 20.3. The van der Waals surface area contributed by atoms with Gasteiger partial charge in [-0.25, -0.2) is 0 Å². The maximum atomic E-state index is 9.66. The standard InChI is InChI=1S/C15H25NO.C10H8ClNO.C2H6/c1-3-5-6-7-9-15(8-4-2)14-16-10-12-17-13-11-16;1-6-5-8(11)7-3-2-4-12-9(7)10(6)13;1-2/h4-6,8-9H,3,7,10-14H2,1-2H3;2-5,13H,1H3;1-2H3/b6-5+,8-4-,15-9+;;. The number of aromatic hydroxyl groups is 1. The first-order valence-corrected chi connectivity index (χ1v) is 11.9. The lowest BCUT2D eigenvalue weighted by molar-refractivity contribution is 0.0426. The fourth-order valence-electron chi connectivity index (χ4n) is 3.21. The quantitative estimate of drug-likeness (QED) is 0.370. The van der Waals surface area contributed by atoms with Crippen LogP contribution >= 0.6 is 11.6 Å². The van der Waals surface area contributed by atoms with Crippen LogP contribution in [-0.4, -0.2) is 47.8 Å². The Morgan fingerprint density at radius 2 is 1.97 bits per heavy atom. The number of benzene rings is 1. The van der Waals surface area contributed by atoms with Crippen molar-refractivity contribution >= 4 is 22.5 Å². The Hall–Kier alpha value is -2.14. The van der Waals surface area contributed by atoms with Crippen molar-refractivity contribution < 1.29 is 9.84 Å². The van der Waals surface area contributed by atoms with Gasteiger partial charge in [0.25, 0.3) is 0 Å². The van der Waals surface area contributed by atoms with Gasteiger partial charge >= 0.3 is 0 Å². The van der Waals surface area contributed by atoms with Crippen LogP contribution in [0, 0.1) is 6.92 Å². The van der Waals surface area contributed by atoms with Gasteiger partial charge in [0.15, 0.2) is 0 Å². The molecular weight excluding hydrogens is 420 g/mol. The molecule has 1 saturated heterocycles. The summed E-state index contributed by atoms with van der Waals surface area (Å²) in [7, 11) is 0. The van der Waals surface area contributed by atoms with E-state index in [2.05, 4.69) is 54.1 Å². The number of ether oxygens (including phenoxy) is 1. The number of fused-ring (bicyclic) bond motifs is 1. The Morgan fingerprint density at radius 3 is 2.62 bits per heavy atom. The number of hydrogen-bond acceptors (Lipinski definition) is 4. The third kappa shape index (κ3) is 9.56. The Bertz CT molecular complexity index is 885. The SMILES string of the molecule is C/C=C\C(=C/C/C=C/CC)CN1CCOCC1.CC.Cc1cc(Cl)c2cccnc2c1O. The first kappa shape index (κ1) is 27.9. The third-order valence-electron chi connectivity index (χ3n) is 4.82. The van der Waals surface area contributed by atoms with Gasteiger partial charge in [-0.05, 0) is 56.0 Å². The van der Waals surface area contributed by atoms with E-state index in [1.54, 1.807) is 25.3 Å². The van der Waals surface area contributed by atoms with E-state index >= 15 is 0 Å². The Balaban J connectivity index is 0.000000305. The number of allylic oxidation sites excluding steroid dienone is 4. The molecule has 1 fully saturated rings. The van der Waals surface area contributed by atoms with Crippen molar-refractivity contribution in [2.75, 3.05) is 32.8 Å². The van der Waals surface area contributed by atoms with Crippen molar-refractivity contribution in [3.05, 3.63) is 70.9 Å². The lowest BCUT2D eigenvalue weighted by atomic mass is 10.1. The number of halogens is 1. The summed E-state index contributed by atoms with van der Waals surface area (Å²) in [5.74, 6) is 0.208. The second-order valence-corrected chi connectivity index (χ2v) is 7.61. The van der Waals surface area contributed by atoms with Crippen molar-refractivity contribution in [3.63, 3.8) is 0 Å². The van der Waals surface area contributed by atoms with Crippen molar-refractivity contribution in [2.45, 2.75) is 47.5 Å². The molecule has 176 valence electrons. The van der Waals surface area contributed by atoms with E-state index in [1.165, 1.54) is 5.57 Å². The monoisotopic (exact) mass is 458 g/mol. The molecule has 0 unspecified atom stereocenters. The summed E-state index contributed by atoms with van der Waals surface area (Å²) in [6, 6.07) is 5.37. The molecule has 3 rings (SSSR count). The largest absolute Gasteiger partial charge is 0.505 e. The van der Waals surface area contributed by atoms with Gasteiger partial charge in [-0.3, -0.25) is 9.88 Å².